The van der Waals surface area contributed by atoms with E-state index in [1.165, 1.54) is 0 Å². The van der Waals surface area contributed by atoms with Crippen LogP contribution < -0.4 is 14.8 Å². The van der Waals surface area contributed by atoms with E-state index in [0.29, 0.717) is 6.42 Å². The van der Waals surface area contributed by atoms with E-state index in [1.807, 2.05) is 83.4 Å². The highest BCUT2D eigenvalue weighted by Crippen LogP contribution is 2.49. The lowest BCUT2D eigenvalue weighted by molar-refractivity contribution is -0.137. The molecule has 2 fully saturated rings. The molecule has 0 spiro atoms. The zero-order valence-corrected chi connectivity index (χ0v) is 23.0. The standard InChI is InChI=1S/C31H34N2O5S/c1-37-24-16-12-22(13-17-24)31(21-8-4-3-5-9-21,23-14-18-25(38-2)19-15-23)33-26-20-39-27(29(26)32-30(33)36)10-6-7-11-28(34)35/h3-5,8-9,12-19,26-27,29H,6-7,10-11,20H2,1-2H3,(H,32,36)(H,34,35)/t26-,27?,29-/m0/s1. The number of aliphatic carboxylic acids is 1. The summed E-state index contributed by atoms with van der Waals surface area (Å²) < 4.78 is 10.9. The molecule has 2 N–H and O–H groups in total. The lowest BCUT2D eigenvalue weighted by atomic mass is 9.74. The Labute approximate surface area is 233 Å². The lowest BCUT2D eigenvalue weighted by Gasteiger charge is -2.45. The van der Waals surface area contributed by atoms with E-state index in [-0.39, 0.29) is 29.8 Å². The van der Waals surface area contributed by atoms with Crippen molar-refractivity contribution in [3.63, 3.8) is 0 Å². The number of ether oxygens (including phenoxy) is 2. The van der Waals surface area contributed by atoms with Gasteiger partial charge in [0, 0.05) is 17.4 Å². The van der Waals surface area contributed by atoms with E-state index in [2.05, 4.69) is 17.4 Å². The molecule has 7 nitrogen and oxygen atoms in total. The lowest BCUT2D eigenvalue weighted by Crippen LogP contribution is -2.53. The third kappa shape index (κ3) is 5.05. The molecule has 2 aliphatic heterocycles. The summed E-state index contributed by atoms with van der Waals surface area (Å²) in [5, 5.41) is 12.6. The van der Waals surface area contributed by atoms with Crippen LogP contribution in [-0.4, -0.2) is 59.3 Å². The molecule has 2 aliphatic rings. The maximum Gasteiger partial charge on any atom is 0.319 e. The quantitative estimate of drug-likeness (QED) is 0.187. The van der Waals surface area contributed by atoms with Gasteiger partial charge in [0.15, 0.2) is 0 Å². The van der Waals surface area contributed by atoms with Gasteiger partial charge < -0.3 is 24.8 Å². The second-order valence-electron chi connectivity index (χ2n) is 9.96. The van der Waals surface area contributed by atoms with Crippen molar-refractivity contribution in [2.24, 2.45) is 0 Å². The van der Waals surface area contributed by atoms with Gasteiger partial charge in [0.1, 0.15) is 17.0 Å². The highest BCUT2D eigenvalue weighted by molar-refractivity contribution is 8.00. The van der Waals surface area contributed by atoms with Crippen LogP contribution in [0.1, 0.15) is 42.4 Å². The summed E-state index contributed by atoms with van der Waals surface area (Å²) in [5.41, 5.74) is 2.02. The van der Waals surface area contributed by atoms with Gasteiger partial charge in [-0.1, -0.05) is 61.0 Å². The topological polar surface area (TPSA) is 88.1 Å². The van der Waals surface area contributed by atoms with Crippen molar-refractivity contribution in [3.05, 3.63) is 95.6 Å². The Morgan fingerprint density at radius 1 is 0.923 bits per heavy atom. The first-order valence-electron chi connectivity index (χ1n) is 13.3. The van der Waals surface area contributed by atoms with Gasteiger partial charge in [-0.2, -0.15) is 11.8 Å². The third-order valence-electron chi connectivity index (χ3n) is 7.83. The SMILES string of the molecule is COc1ccc(C(c2ccccc2)(c2ccc(OC)cc2)N2C(=O)N[C@@H]3C(CCCCC(=O)O)SC[C@@H]32)cc1. The van der Waals surface area contributed by atoms with Crippen LogP contribution in [0.3, 0.4) is 0 Å². The first kappa shape index (κ1) is 26.9. The average molecular weight is 547 g/mol. The Balaban J connectivity index is 1.62. The maximum atomic E-state index is 14.0. The molecule has 8 heteroatoms. The molecule has 0 aliphatic carbocycles. The van der Waals surface area contributed by atoms with Gasteiger partial charge in [0.05, 0.1) is 26.3 Å². The summed E-state index contributed by atoms with van der Waals surface area (Å²) in [7, 11) is 3.29. The Bertz CT molecular complexity index is 1240. The van der Waals surface area contributed by atoms with Crippen molar-refractivity contribution in [2.45, 2.75) is 48.6 Å². The number of thioether (sulfide) groups is 1. The second-order valence-corrected chi connectivity index (χ2v) is 11.2. The van der Waals surface area contributed by atoms with E-state index in [1.54, 1.807) is 14.2 Å². The Morgan fingerprint density at radius 3 is 2.03 bits per heavy atom. The number of methoxy groups -OCH3 is 2. The molecule has 0 saturated carbocycles. The van der Waals surface area contributed by atoms with Crippen molar-refractivity contribution >= 4 is 23.8 Å². The number of fused-ring (bicyclic) bond motifs is 1. The second kappa shape index (κ2) is 11.6. The fourth-order valence-corrected chi connectivity index (χ4v) is 7.60. The van der Waals surface area contributed by atoms with Crippen molar-refractivity contribution in [1.29, 1.82) is 0 Å². The minimum absolute atomic E-state index is 0.0214. The molecule has 0 bridgehead atoms. The van der Waals surface area contributed by atoms with Gasteiger partial charge in [-0.25, -0.2) is 4.79 Å². The van der Waals surface area contributed by atoms with E-state index >= 15 is 0 Å². The number of urea groups is 1. The predicted molar refractivity (Wildman–Crippen MR) is 153 cm³/mol. The number of nitrogens with one attached hydrogen (secondary N) is 1. The maximum absolute atomic E-state index is 14.0. The monoisotopic (exact) mass is 546 g/mol. The first-order chi connectivity index (χ1) is 19.0. The third-order valence-corrected chi connectivity index (χ3v) is 9.33. The number of nitrogens with zero attached hydrogens (tertiary/aromatic N) is 1. The van der Waals surface area contributed by atoms with E-state index in [4.69, 9.17) is 14.6 Å². The van der Waals surface area contributed by atoms with E-state index in [9.17, 15) is 9.59 Å². The van der Waals surface area contributed by atoms with Crippen molar-refractivity contribution in [3.8, 4) is 11.5 Å². The molecule has 2 heterocycles. The van der Waals surface area contributed by atoms with Crippen LogP contribution in [0, 0.1) is 0 Å². The highest BCUT2D eigenvalue weighted by atomic mass is 32.2. The van der Waals surface area contributed by atoms with Gasteiger partial charge >= 0.3 is 12.0 Å². The van der Waals surface area contributed by atoms with Gasteiger partial charge in [0.25, 0.3) is 0 Å². The molecule has 0 aromatic heterocycles. The van der Waals surface area contributed by atoms with Gasteiger partial charge in [-0.05, 0) is 53.8 Å². The fourth-order valence-electron chi connectivity index (χ4n) is 6.01. The normalized spacial score (nSPS) is 20.4. The summed E-state index contributed by atoms with van der Waals surface area (Å²) >= 11 is 1.87. The Hall–Kier alpha value is -3.65. The number of carbonyl (C=O) groups excluding carboxylic acids is 1. The molecule has 2 saturated heterocycles. The van der Waals surface area contributed by atoms with E-state index < -0.39 is 11.5 Å². The Kier molecular flexibility index (Phi) is 8.02. The number of rotatable bonds is 11. The molecule has 2 amide bonds. The number of hydrogen-bond acceptors (Lipinski definition) is 5. The molecule has 5 rings (SSSR count). The van der Waals surface area contributed by atoms with Crippen LogP contribution in [0.5, 0.6) is 11.5 Å². The molecular formula is C31H34N2O5S. The van der Waals surface area contributed by atoms with Gasteiger partial charge in [-0.15, -0.1) is 0 Å². The van der Waals surface area contributed by atoms with Crippen LogP contribution in [0.25, 0.3) is 0 Å². The molecule has 204 valence electrons. The smallest absolute Gasteiger partial charge is 0.319 e. The largest absolute Gasteiger partial charge is 0.497 e. The number of carboxylic acid groups (broad SMARTS) is 1. The number of carboxylic acids is 1. The number of hydrogen-bond donors (Lipinski definition) is 2. The zero-order valence-electron chi connectivity index (χ0n) is 22.2. The average Bonchev–Trinajstić information content (AvgIpc) is 3.51. The molecule has 1 unspecified atom stereocenters. The van der Waals surface area contributed by atoms with Gasteiger partial charge in [0.2, 0.25) is 0 Å². The summed E-state index contributed by atoms with van der Waals surface area (Å²) in [6.45, 7) is 0. The van der Waals surface area contributed by atoms with Crippen LogP contribution in [-0.2, 0) is 10.3 Å². The highest BCUT2D eigenvalue weighted by Gasteiger charge is 2.57. The van der Waals surface area contributed by atoms with Crippen LogP contribution in [0.2, 0.25) is 0 Å². The Morgan fingerprint density at radius 2 is 1.49 bits per heavy atom. The number of unbranched alkanes of at least 4 members (excludes halogenated alkanes) is 1. The molecular weight excluding hydrogens is 512 g/mol. The van der Waals surface area contributed by atoms with Crippen molar-refractivity contribution < 1.29 is 24.2 Å². The summed E-state index contributed by atoms with van der Waals surface area (Å²) in [6.07, 6.45) is 2.52. The summed E-state index contributed by atoms with van der Waals surface area (Å²) in [4.78, 5) is 27.1. The minimum Gasteiger partial charge on any atom is -0.497 e. The van der Waals surface area contributed by atoms with Crippen molar-refractivity contribution in [1.82, 2.24) is 10.2 Å². The minimum atomic E-state index is -0.901. The molecule has 3 aromatic carbocycles. The van der Waals surface area contributed by atoms with Crippen LogP contribution in [0.15, 0.2) is 78.9 Å². The summed E-state index contributed by atoms with van der Waals surface area (Å²) in [6, 6.07) is 26.0. The molecule has 39 heavy (non-hydrogen) atoms. The molecule has 0 radical (unpaired) electrons. The van der Waals surface area contributed by atoms with Crippen LogP contribution >= 0.6 is 11.8 Å². The molecule has 3 atom stereocenters. The molecule has 3 aromatic rings. The fraction of sp³-hybridized carbons (Fsp3) is 0.355. The van der Waals surface area contributed by atoms with Gasteiger partial charge in [-0.3, -0.25) is 4.79 Å². The van der Waals surface area contributed by atoms with Crippen molar-refractivity contribution in [2.75, 3.05) is 20.0 Å². The van der Waals surface area contributed by atoms with E-state index in [0.717, 1.165) is 46.8 Å². The van der Waals surface area contributed by atoms with Crippen LogP contribution in [0.4, 0.5) is 4.79 Å². The number of benzene rings is 3. The number of amides is 2. The number of carbonyl (C=O) groups is 2. The summed E-state index contributed by atoms with van der Waals surface area (Å²) in [5.74, 6) is 1.53. The first-order valence-corrected chi connectivity index (χ1v) is 14.3. The zero-order chi connectivity index (χ0) is 27.4. The predicted octanol–water partition coefficient (Wildman–Crippen LogP) is 5.52.